The van der Waals surface area contributed by atoms with Gasteiger partial charge in [0.05, 0.1) is 35.3 Å². The zero-order chi connectivity index (χ0) is 23.3. The third-order valence-corrected chi connectivity index (χ3v) is 5.01. The van der Waals surface area contributed by atoms with Crippen LogP contribution in [0, 0.1) is 10.1 Å². The average molecular weight is 503 g/mol. The van der Waals surface area contributed by atoms with E-state index in [4.69, 9.17) is 9.47 Å². The largest absolute Gasteiger partial charge is 0.490 e. The Morgan fingerprint density at radius 2 is 1.94 bits per heavy atom. The topological polar surface area (TPSA) is 109 Å². The maximum absolute atomic E-state index is 13.1. The van der Waals surface area contributed by atoms with Crippen molar-refractivity contribution < 1.29 is 14.4 Å². The number of nitro groups is 1. The summed E-state index contributed by atoms with van der Waals surface area (Å²) in [5.41, 5.74) is 0.429. The van der Waals surface area contributed by atoms with E-state index in [2.05, 4.69) is 26.0 Å². The second-order valence-corrected chi connectivity index (χ2v) is 7.71. The lowest BCUT2D eigenvalue weighted by molar-refractivity contribution is -0.385. The minimum atomic E-state index is -0.533. The normalized spacial score (nSPS) is 11.2. The van der Waals surface area contributed by atoms with Gasteiger partial charge in [0.2, 0.25) is 5.75 Å². The molecule has 9 nitrogen and oxygen atoms in total. The number of ether oxygens (including phenoxy) is 2. The van der Waals surface area contributed by atoms with Crippen molar-refractivity contribution in [1.29, 1.82) is 0 Å². The lowest BCUT2D eigenvalue weighted by Crippen LogP contribution is -2.22. The molecule has 0 amide bonds. The number of fused-ring (bicyclic) bond motifs is 1. The molecule has 0 aliphatic heterocycles. The van der Waals surface area contributed by atoms with Crippen LogP contribution in [0.1, 0.15) is 38.6 Å². The van der Waals surface area contributed by atoms with Crippen LogP contribution < -0.4 is 15.0 Å². The molecule has 0 atom stereocenters. The van der Waals surface area contributed by atoms with Crippen molar-refractivity contribution in [1.82, 2.24) is 9.66 Å². The van der Waals surface area contributed by atoms with Crippen LogP contribution in [-0.2, 0) is 6.42 Å². The van der Waals surface area contributed by atoms with Crippen molar-refractivity contribution in [3.63, 3.8) is 0 Å². The molecule has 3 aromatic rings. The Morgan fingerprint density at radius 1 is 1.19 bits per heavy atom. The Balaban J connectivity index is 2.16. The van der Waals surface area contributed by atoms with E-state index in [9.17, 15) is 14.9 Å². The monoisotopic (exact) mass is 502 g/mol. The first-order chi connectivity index (χ1) is 15.4. The van der Waals surface area contributed by atoms with E-state index in [0.717, 1.165) is 10.9 Å². The number of aryl methyl sites for hydroxylation is 1. The first-order valence-electron chi connectivity index (χ1n) is 10.2. The van der Waals surface area contributed by atoms with E-state index in [1.807, 2.05) is 13.0 Å². The van der Waals surface area contributed by atoms with Crippen molar-refractivity contribution in [2.75, 3.05) is 13.2 Å². The standard InChI is InChI=1S/C22H23BrN4O5/c1-4-7-20-25-17-9-8-15(23)12-16(17)22(28)26(20)24-13-14-10-18(27(29)30)21(32-6-3)19(11-14)31-5-2/h8-13H,4-7H2,1-3H3. The lowest BCUT2D eigenvalue weighted by atomic mass is 10.2. The number of rotatable bonds is 9. The molecule has 2 aromatic carbocycles. The van der Waals surface area contributed by atoms with Gasteiger partial charge in [-0.05, 0) is 44.5 Å². The van der Waals surface area contributed by atoms with Crippen LogP contribution in [0.15, 0.2) is 44.7 Å². The van der Waals surface area contributed by atoms with E-state index in [1.165, 1.54) is 17.0 Å². The zero-order valence-electron chi connectivity index (χ0n) is 18.0. The summed E-state index contributed by atoms with van der Waals surface area (Å²) >= 11 is 3.38. The van der Waals surface area contributed by atoms with Gasteiger partial charge in [-0.1, -0.05) is 22.9 Å². The molecule has 0 saturated heterocycles. The van der Waals surface area contributed by atoms with E-state index in [0.29, 0.717) is 35.3 Å². The highest BCUT2D eigenvalue weighted by Gasteiger charge is 2.22. The third kappa shape index (κ3) is 4.96. The zero-order valence-corrected chi connectivity index (χ0v) is 19.6. The van der Waals surface area contributed by atoms with E-state index < -0.39 is 4.92 Å². The van der Waals surface area contributed by atoms with Crippen molar-refractivity contribution in [2.24, 2.45) is 5.10 Å². The molecule has 32 heavy (non-hydrogen) atoms. The molecular weight excluding hydrogens is 480 g/mol. The summed E-state index contributed by atoms with van der Waals surface area (Å²) in [6.45, 7) is 6.05. The molecule has 168 valence electrons. The molecule has 0 N–H and O–H groups in total. The number of hydrogen-bond acceptors (Lipinski definition) is 7. The first kappa shape index (κ1) is 23.4. The van der Waals surface area contributed by atoms with Gasteiger partial charge in [-0.25, -0.2) is 4.98 Å². The third-order valence-electron chi connectivity index (χ3n) is 4.51. The van der Waals surface area contributed by atoms with Crippen molar-refractivity contribution in [3.05, 3.63) is 66.7 Å². The van der Waals surface area contributed by atoms with Gasteiger partial charge in [0.1, 0.15) is 5.82 Å². The van der Waals surface area contributed by atoms with Crippen LogP contribution >= 0.6 is 15.9 Å². The molecule has 1 heterocycles. The molecular formula is C22H23BrN4O5. The molecule has 0 radical (unpaired) electrons. The molecule has 0 bridgehead atoms. The average Bonchev–Trinajstić information content (AvgIpc) is 2.76. The Kier molecular flexibility index (Phi) is 7.57. The molecule has 0 fully saturated rings. The second-order valence-electron chi connectivity index (χ2n) is 6.79. The maximum atomic E-state index is 13.1. The Morgan fingerprint density at radius 3 is 2.59 bits per heavy atom. The molecule has 0 spiro atoms. The molecule has 3 rings (SSSR count). The van der Waals surface area contributed by atoms with E-state index in [-0.39, 0.29) is 29.4 Å². The molecule has 0 aliphatic rings. The highest BCUT2D eigenvalue weighted by atomic mass is 79.9. The van der Waals surface area contributed by atoms with Crippen LogP contribution in [0.4, 0.5) is 5.69 Å². The Bertz CT molecular complexity index is 1240. The predicted octanol–water partition coefficient (Wildman–Crippen LogP) is 4.70. The SMILES string of the molecule is CCCc1nc2ccc(Br)cc2c(=O)n1N=Cc1cc(OCC)c(OCC)c([N+](=O)[O-])c1. The summed E-state index contributed by atoms with van der Waals surface area (Å²) in [5.74, 6) is 0.818. The van der Waals surface area contributed by atoms with Gasteiger partial charge in [-0.2, -0.15) is 9.78 Å². The van der Waals surface area contributed by atoms with Crippen LogP contribution in [0.2, 0.25) is 0 Å². The summed E-state index contributed by atoms with van der Waals surface area (Å²) in [6.07, 6.45) is 2.70. The summed E-state index contributed by atoms with van der Waals surface area (Å²) in [4.78, 5) is 28.8. The number of nitrogens with zero attached hydrogens (tertiary/aromatic N) is 4. The molecule has 1 aromatic heterocycles. The van der Waals surface area contributed by atoms with E-state index >= 15 is 0 Å². The number of halogens is 1. The Hall–Kier alpha value is -3.27. The van der Waals surface area contributed by atoms with E-state index in [1.54, 1.807) is 32.0 Å². The van der Waals surface area contributed by atoms with Crippen LogP contribution in [-0.4, -0.2) is 34.0 Å². The molecule has 0 aliphatic carbocycles. The molecule has 0 saturated carbocycles. The lowest BCUT2D eigenvalue weighted by Gasteiger charge is -2.12. The Labute approximate surface area is 193 Å². The second kappa shape index (κ2) is 10.4. The number of benzene rings is 2. The van der Waals surface area contributed by atoms with Gasteiger partial charge in [0.15, 0.2) is 5.75 Å². The minimum absolute atomic E-state index is 0.0672. The van der Waals surface area contributed by atoms with Gasteiger partial charge in [-0.15, -0.1) is 0 Å². The van der Waals surface area contributed by atoms with Crippen molar-refractivity contribution >= 4 is 38.7 Å². The predicted molar refractivity (Wildman–Crippen MR) is 126 cm³/mol. The number of aromatic nitrogens is 2. The fourth-order valence-corrected chi connectivity index (χ4v) is 3.56. The quantitative estimate of drug-likeness (QED) is 0.238. The minimum Gasteiger partial charge on any atom is -0.490 e. The van der Waals surface area contributed by atoms with Gasteiger partial charge in [0.25, 0.3) is 5.56 Å². The number of nitro benzene ring substituents is 1. The smallest absolute Gasteiger partial charge is 0.315 e. The van der Waals surface area contributed by atoms with Crippen molar-refractivity contribution in [2.45, 2.75) is 33.6 Å². The summed E-state index contributed by atoms with van der Waals surface area (Å²) in [5, 5.41) is 16.4. The van der Waals surface area contributed by atoms with Gasteiger partial charge >= 0.3 is 5.69 Å². The fourth-order valence-electron chi connectivity index (χ4n) is 3.19. The molecule has 0 unspecified atom stereocenters. The van der Waals surface area contributed by atoms with Gasteiger partial charge in [0, 0.05) is 22.5 Å². The summed E-state index contributed by atoms with van der Waals surface area (Å²) in [7, 11) is 0. The van der Waals surface area contributed by atoms with Crippen molar-refractivity contribution in [3.8, 4) is 11.5 Å². The van der Waals surface area contributed by atoms with Crippen LogP contribution in [0.25, 0.3) is 10.9 Å². The molecule has 10 heteroatoms. The van der Waals surface area contributed by atoms with Gasteiger partial charge in [-0.3, -0.25) is 14.9 Å². The maximum Gasteiger partial charge on any atom is 0.315 e. The summed E-state index contributed by atoms with van der Waals surface area (Å²) in [6, 6.07) is 8.24. The van der Waals surface area contributed by atoms with Gasteiger partial charge < -0.3 is 9.47 Å². The number of hydrogen-bond donors (Lipinski definition) is 0. The first-order valence-corrected chi connectivity index (χ1v) is 11.0. The highest BCUT2D eigenvalue weighted by molar-refractivity contribution is 9.10. The summed E-state index contributed by atoms with van der Waals surface area (Å²) < 4.78 is 13.0. The fraction of sp³-hybridized carbons (Fsp3) is 0.318. The van der Waals surface area contributed by atoms with Crippen LogP contribution in [0.3, 0.4) is 0 Å². The van der Waals surface area contributed by atoms with Crippen LogP contribution in [0.5, 0.6) is 11.5 Å². The highest BCUT2D eigenvalue weighted by Crippen LogP contribution is 2.38.